The Labute approximate surface area is 118 Å². The fraction of sp³-hybridized carbons (Fsp3) is 0.750. The lowest BCUT2D eigenvalue weighted by Crippen LogP contribution is -2.26. The van der Waals surface area contributed by atoms with Gasteiger partial charge in [-0.05, 0) is 42.1 Å². The first kappa shape index (κ1) is 16.5. The highest BCUT2D eigenvalue weighted by Gasteiger charge is 2.33. The fourth-order valence-corrected chi connectivity index (χ4v) is 2.75. The minimum Gasteiger partial charge on any atom is -0.384 e. The number of hydrogen-bond acceptors (Lipinski definition) is 2. The van der Waals surface area contributed by atoms with Gasteiger partial charge in [0.25, 0.3) is 0 Å². The molecular weight excluding hydrogens is 325 g/mol. The van der Waals surface area contributed by atoms with E-state index in [0.717, 1.165) is 6.42 Å². The minimum absolute atomic E-state index is 0.0422. The molecular formula is C12H18BrF3N2O. The minimum atomic E-state index is -4.18. The fourth-order valence-electron chi connectivity index (χ4n) is 2.03. The molecule has 0 spiro atoms. The van der Waals surface area contributed by atoms with Gasteiger partial charge in [0.05, 0.1) is 16.4 Å². The third-order valence-electron chi connectivity index (χ3n) is 2.86. The molecule has 7 heteroatoms. The van der Waals surface area contributed by atoms with Crippen molar-refractivity contribution in [2.45, 2.75) is 57.9 Å². The number of hydrogen-bond donors (Lipinski definition) is 1. The van der Waals surface area contributed by atoms with E-state index in [2.05, 4.69) is 21.0 Å². The number of aromatic nitrogens is 2. The molecule has 0 bridgehead atoms. The van der Waals surface area contributed by atoms with Crippen LogP contribution in [0.3, 0.4) is 0 Å². The highest BCUT2D eigenvalue weighted by molar-refractivity contribution is 9.10. The molecule has 19 heavy (non-hydrogen) atoms. The molecule has 0 radical (unpaired) electrons. The summed E-state index contributed by atoms with van der Waals surface area (Å²) in [6.07, 6.45) is -2.75. The van der Waals surface area contributed by atoms with Crippen molar-refractivity contribution < 1.29 is 18.3 Å². The quantitative estimate of drug-likeness (QED) is 0.848. The molecule has 1 N–H and O–H groups in total. The maximum absolute atomic E-state index is 12.1. The largest absolute Gasteiger partial charge is 0.389 e. The zero-order valence-corrected chi connectivity index (χ0v) is 12.6. The average Bonchev–Trinajstić information content (AvgIpc) is 2.58. The van der Waals surface area contributed by atoms with Crippen LogP contribution in [0, 0.1) is 0 Å². The second-order valence-electron chi connectivity index (χ2n) is 4.81. The molecule has 0 aromatic carbocycles. The van der Waals surface area contributed by atoms with Crippen molar-refractivity contribution in [1.82, 2.24) is 9.78 Å². The van der Waals surface area contributed by atoms with Crippen LogP contribution in [-0.2, 0) is 12.1 Å². The van der Waals surface area contributed by atoms with Crippen LogP contribution >= 0.6 is 15.9 Å². The normalized spacial score (nSPS) is 15.5. The van der Waals surface area contributed by atoms with E-state index in [1.54, 1.807) is 10.9 Å². The number of aliphatic hydroxyl groups is 1. The lowest BCUT2D eigenvalue weighted by molar-refractivity contribution is -0.138. The average molecular weight is 343 g/mol. The number of halogens is 4. The van der Waals surface area contributed by atoms with Gasteiger partial charge in [0.1, 0.15) is 5.60 Å². The van der Waals surface area contributed by atoms with Gasteiger partial charge in [-0.1, -0.05) is 6.92 Å². The lowest BCUT2D eigenvalue weighted by atomic mass is 9.95. The van der Waals surface area contributed by atoms with E-state index in [0.29, 0.717) is 16.7 Å². The standard InChI is InChI=1S/C12H18BrF3N2O/c1-3-7-18-10(9(13)8-17-18)11(2,19)5-4-6-12(14,15)16/h8,19H,3-7H2,1-2H3. The first-order chi connectivity index (χ1) is 8.67. The Morgan fingerprint density at radius 1 is 1.37 bits per heavy atom. The summed E-state index contributed by atoms with van der Waals surface area (Å²) in [6, 6.07) is 0. The number of alkyl halides is 3. The molecule has 1 aromatic heterocycles. The molecule has 1 aromatic rings. The molecule has 0 saturated carbocycles. The summed E-state index contributed by atoms with van der Waals surface area (Å²) in [7, 11) is 0. The van der Waals surface area contributed by atoms with Crippen LogP contribution < -0.4 is 0 Å². The molecule has 0 aliphatic rings. The Morgan fingerprint density at radius 2 is 2.00 bits per heavy atom. The van der Waals surface area contributed by atoms with Crippen LogP contribution in [0.5, 0.6) is 0 Å². The zero-order chi connectivity index (χ0) is 14.7. The Morgan fingerprint density at radius 3 is 2.53 bits per heavy atom. The second kappa shape index (κ2) is 6.26. The van der Waals surface area contributed by atoms with Crippen molar-refractivity contribution in [3.05, 3.63) is 16.4 Å². The van der Waals surface area contributed by atoms with Gasteiger partial charge in [-0.3, -0.25) is 4.68 Å². The molecule has 1 unspecified atom stereocenters. The van der Waals surface area contributed by atoms with Gasteiger partial charge in [0.15, 0.2) is 0 Å². The Kier molecular flexibility index (Phi) is 5.43. The zero-order valence-electron chi connectivity index (χ0n) is 11.0. The van der Waals surface area contributed by atoms with Gasteiger partial charge < -0.3 is 5.11 Å². The number of rotatable bonds is 6. The van der Waals surface area contributed by atoms with Gasteiger partial charge in [-0.25, -0.2) is 0 Å². The van der Waals surface area contributed by atoms with Crippen LogP contribution in [0.4, 0.5) is 13.2 Å². The van der Waals surface area contributed by atoms with Crippen molar-refractivity contribution in [2.75, 3.05) is 0 Å². The molecule has 0 fully saturated rings. The first-order valence-electron chi connectivity index (χ1n) is 6.18. The maximum atomic E-state index is 12.1. The van der Waals surface area contributed by atoms with Gasteiger partial charge in [-0.2, -0.15) is 18.3 Å². The predicted molar refractivity (Wildman–Crippen MR) is 69.7 cm³/mol. The lowest BCUT2D eigenvalue weighted by Gasteiger charge is -2.25. The summed E-state index contributed by atoms with van der Waals surface area (Å²) in [5.41, 5.74) is -0.785. The molecule has 0 aliphatic heterocycles. The predicted octanol–water partition coefficient (Wildman–Crippen LogP) is 4.00. The molecule has 0 saturated heterocycles. The van der Waals surface area contributed by atoms with Crippen LogP contribution in [0.1, 0.15) is 45.2 Å². The summed E-state index contributed by atoms with van der Waals surface area (Å²) in [6.45, 7) is 4.12. The highest BCUT2D eigenvalue weighted by Crippen LogP contribution is 2.34. The summed E-state index contributed by atoms with van der Waals surface area (Å²) in [5.74, 6) is 0. The molecule has 1 rings (SSSR count). The molecule has 110 valence electrons. The highest BCUT2D eigenvalue weighted by atomic mass is 79.9. The van der Waals surface area contributed by atoms with E-state index >= 15 is 0 Å². The summed E-state index contributed by atoms with van der Waals surface area (Å²) >= 11 is 3.29. The van der Waals surface area contributed by atoms with E-state index in [1.807, 2.05) is 6.92 Å². The van der Waals surface area contributed by atoms with Gasteiger partial charge >= 0.3 is 6.18 Å². The molecule has 1 heterocycles. The second-order valence-corrected chi connectivity index (χ2v) is 5.66. The van der Waals surface area contributed by atoms with Gasteiger partial charge in [0.2, 0.25) is 0 Å². The monoisotopic (exact) mass is 342 g/mol. The van der Waals surface area contributed by atoms with Gasteiger partial charge in [-0.15, -0.1) is 0 Å². The van der Waals surface area contributed by atoms with Crippen molar-refractivity contribution in [3.63, 3.8) is 0 Å². The third-order valence-corrected chi connectivity index (χ3v) is 3.44. The number of nitrogens with zero attached hydrogens (tertiary/aromatic N) is 2. The van der Waals surface area contributed by atoms with Crippen molar-refractivity contribution in [2.24, 2.45) is 0 Å². The molecule has 0 amide bonds. The number of aryl methyl sites for hydroxylation is 1. The van der Waals surface area contributed by atoms with Gasteiger partial charge in [0, 0.05) is 13.0 Å². The van der Waals surface area contributed by atoms with E-state index in [1.165, 1.54) is 6.92 Å². The summed E-state index contributed by atoms with van der Waals surface area (Å²) < 4.78 is 38.7. The van der Waals surface area contributed by atoms with Crippen LogP contribution in [-0.4, -0.2) is 21.1 Å². The first-order valence-corrected chi connectivity index (χ1v) is 6.97. The van der Waals surface area contributed by atoms with Crippen LogP contribution in [0.25, 0.3) is 0 Å². The topological polar surface area (TPSA) is 38.0 Å². The molecule has 0 aliphatic carbocycles. The van der Waals surface area contributed by atoms with Crippen molar-refractivity contribution >= 4 is 15.9 Å². The third kappa shape index (κ3) is 4.80. The Bertz CT molecular complexity index is 416. The van der Waals surface area contributed by atoms with E-state index in [-0.39, 0.29) is 12.8 Å². The Hall–Kier alpha value is -0.560. The summed E-state index contributed by atoms with van der Waals surface area (Å²) in [5, 5.41) is 14.5. The van der Waals surface area contributed by atoms with Crippen LogP contribution in [0.15, 0.2) is 10.7 Å². The molecule has 3 nitrogen and oxygen atoms in total. The van der Waals surface area contributed by atoms with Crippen molar-refractivity contribution in [3.8, 4) is 0 Å². The summed E-state index contributed by atoms with van der Waals surface area (Å²) in [4.78, 5) is 0. The SMILES string of the molecule is CCCn1ncc(Br)c1C(C)(O)CCCC(F)(F)F. The smallest absolute Gasteiger partial charge is 0.384 e. The van der Waals surface area contributed by atoms with Crippen molar-refractivity contribution in [1.29, 1.82) is 0 Å². The van der Waals surface area contributed by atoms with Crippen LogP contribution in [0.2, 0.25) is 0 Å². The maximum Gasteiger partial charge on any atom is 0.389 e. The van der Waals surface area contributed by atoms with E-state index in [4.69, 9.17) is 0 Å². The Balaban J connectivity index is 2.78. The molecule has 1 atom stereocenters. The van der Waals surface area contributed by atoms with E-state index < -0.39 is 18.2 Å². The van der Waals surface area contributed by atoms with E-state index in [9.17, 15) is 18.3 Å².